The third kappa shape index (κ3) is 2.65. The molecular formula is C10H14N4OS. The molecule has 0 aliphatic rings. The molecule has 0 aliphatic carbocycles. The fraction of sp³-hybridized carbons (Fsp3) is 0.500. The average molecular weight is 238 g/mol. The number of hydrogen-bond donors (Lipinski definition) is 1. The van der Waals surface area contributed by atoms with Gasteiger partial charge in [0.15, 0.2) is 5.82 Å². The minimum Gasteiger partial charge on any atom is -0.340 e. The first kappa shape index (κ1) is 11.2. The second kappa shape index (κ2) is 4.71. The Bertz CT molecular complexity index is 465. The Labute approximate surface area is 97.9 Å². The molecule has 0 aliphatic heterocycles. The zero-order valence-electron chi connectivity index (χ0n) is 9.52. The van der Waals surface area contributed by atoms with Crippen molar-refractivity contribution in [2.24, 2.45) is 0 Å². The van der Waals surface area contributed by atoms with Crippen LogP contribution in [0.5, 0.6) is 0 Å². The Morgan fingerprint density at radius 1 is 1.44 bits per heavy atom. The summed E-state index contributed by atoms with van der Waals surface area (Å²) >= 11 is 1.66. The van der Waals surface area contributed by atoms with Gasteiger partial charge in [0.1, 0.15) is 0 Å². The van der Waals surface area contributed by atoms with E-state index < -0.39 is 0 Å². The van der Waals surface area contributed by atoms with Crippen LogP contribution in [0.4, 0.5) is 0 Å². The summed E-state index contributed by atoms with van der Waals surface area (Å²) in [5.74, 6) is 1.27. The topological polar surface area (TPSA) is 63.8 Å². The van der Waals surface area contributed by atoms with E-state index in [2.05, 4.69) is 32.7 Å². The maximum Gasteiger partial charge on any atom is 0.223 e. The van der Waals surface area contributed by atoms with E-state index in [1.807, 2.05) is 6.92 Å². The van der Waals surface area contributed by atoms with Crippen molar-refractivity contribution in [2.45, 2.75) is 33.4 Å². The van der Waals surface area contributed by atoms with E-state index >= 15 is 0 Å². The van der Waals surface area contributed by atoms with Crippen LogP contribution < -0.4 is 5.32 Å². The summed E-state index contributed by atoms with van der Waals surface area (Å²) in [7, 11) is 0. The molecule has 0 bridgehead atoms. The first-order chi connectivity index (χ1) is 7.65. The Hall–Kier alpha value is -1.27. The van der Waals surface area contributed by atoms with Crippen molar-refractivity contribution < 1.29 is 4.52 Å². The molecule has 0 spiro atoms. The molecule has 1 N–H and O–H groups in total. The smallest absolute Gasteiger partial charge is 0.223 e. The fourth-order valence-corrected chi connectivity index (χ4v) is 2.05. The van der Waals surface area contributed by atoms with Crippen LogP contribution in [0, 0.1) is 13.8 Å². The average Bonchev–Trinajstić information content (AvgIpc) is 2.84. The molecule has 86 valence electrons. The Morgan fingerprint density at radius 2 is 2.25 bits per heavy atom. The lowest BCUT2D eigenvalue weighted by Gasteiger charge is -2.08. The maximum absolute atomic E-state index is 4.89. The van der Waals surface area contributed by atoms with Gasteiger partial charge in [0, 0.05) is 18.3 Å². The van der Waals surface area contributed by atoms with Crippen molar-refractivity contribution in [2.75, 3.05) is 0 Å². The van der Waals surface area contributed by atoms with Crippen LogP contribution in [0.1, 0.15) is 35.4 Å². The molecule has 2 heterocycles. The highest BCUT2D eigenvalue weighted by atomic mass is 32.1. The molecule has 0 saturated heterocycles. The fourth-order valence-electron chi connectivity index (χ4n) is 1.34. The molecule has 0 saturated carbocycles. The third-order valence-electron chi connectivity index (χ3n) is 2.22. The van der Waals surface area contributed by atoms with E-state index in [-0.39, 0.29) is 6.04 Å². The van der Waals surface area contributed by atoms with Crippen molar-refractivity contribution >= 4 is 11.3 Å². The van der Waals surface area contributed by atoms with Crippen LogP contribution in [0.3, 0.4) is 0 Å². The number of rotatable bonds is 4. The van der Waals surface area contributed by atoms with Crippen LogP contribution in [-0.2, 0) is 6.54 Å². The number of nitrogens with one attached hydrogen (secondary N) is 1. The number of aromatic nitrogens is 3. The summed E-state index contributed by atoms with van der Waals surface area (Å²) in [5.41, 5.74) is 1.06. The number of hydrogen-bond acceptors (Lipinski definition) is 6. The van der Waals surface area contributed by atoms with Gasteiger partial charge in [-0.25, -0.2) is 4.98 Å². The van der Waals surface area contributed by atoms with E-state index in [0.29, 0.717) is 18.3 Å². The highest BCUT2D eigenvalue weighted by molar-refractivity contribution is 7.09. The highest BCUT2D eigenvalue weighted by Crippen LogP contribution is 2.15. The second-order valence-corrected chi connectivity index (χ2v) is 4.69. The SMILES string of the molecule is Cc1nc(CNC(C)c2csc(C)n2)no1. The number of thiazole rings is 1. The Morgan fingerprint density at radius 3 is 2.81 bits per heavy atom. The third-order valence-corrected chi connectivity index (χ3v) is 3.01. The van der Waals surface area contributed by atoms with Crippen molar-refractivity contribution in [3.63, 3.8) is 0 Å². The van der Waals surface area contributed by atoms with Crippen molar-refractivity contribution in [1.82, 2.24) is 20.4 Å². The summed E-state index contributed by atoms with van der Waals surface area (Å²) in [6.45, 7) is 6.45. The largest absolute Gasteiger partial charge is 0.340 e. The van der Waals surface area contributed by atoms with Gasteiger partial charge < -0.3 is 9.84 Å². The molecule has 1 atom stereocenters. The summed E-state index contributed by atoms with van der Waals surface area (Å²) in [5, 5.41) is 10.3. The molecular weight excluding hydrogens is 224 g/mol. The molecule has 16 heavy (non-hydrogen) atoms. The Kier molecular flexibility index (Phi) is 3.31. The zero-order chi connectivity index (χ0) is 11.5. The predicted octanol–water partition coefficient (Wildman–Crippen LogP) is 1.99. The molecule has 6 heteroatoms. The first-order valence-corrected chi connectivity index (χ1v) is 5.97. The maximum atomic E-state index is 4.89. The van der Waals surface area contributed by atoms with Crippen molar-refractivity contribution in [3.05, 3.63) is 27.8 Å². The highest BCUT2D eigenvalue weighted by Gasteiger charge is 2.09. The molecule has 5 nitrogen and oxygen atoms in total. The van der Waals surface area contributed by atoms with Crippen molar-refractivity contribution in [1.29, 1.82) is 0 Å². The molecule has 0 amide bonds. The monoisotopic (exact) mass is 238 g/mol. The minimum atomic E-state index is 0.198. The van der Waals surface area contributed by atoms with Crippen LogP contribution in [0.15, 0.2) is 9.90 Å². The van der Waals surface area contributed by atoms with E-state index in [9.17, 15) is 0 Å². The van der Waals surface area contributed by atoms with E-state index in [1.165, 1.54) is 0 Å². The lowest BCUT2D eigenvalue weighted by molar-refractivity contribution is 0.384. The summed E-state index contributed by atoms with van der Waals surface area (Å²) in [6, 6.07) is 0.198. The molecule has 2 aromatic rings. The number of aryl methyl sites for hydroxylation is 2. The molecule has 0 fully saturated rings. The lowest BCUT2D eigenvalue weighted by atomic mass is 10.2. The standard InChI is InChI=1S/C10H14N4OS/c1-6(9-5-16-8(3)13-9)11-4-10-12-7(2)15-14-10/h5-6,11H,4H2,1-3H3. The van der Waals surface area contributed by atoms with E-state index in [1.54, 1.807) is 18.3 Å². The summed E-state index contributed by atoms with van der Waals surface area (Å²) in [4.78, 5) is 8.54. The number of nitrogens with zero attached hydrogens (tertiary/aromatic N) is 3. The molecule has 2 aromatic heterocycles. The first-order valence-electron chi connectivity index (χ1n) is 5.10. The summed E-state index contributed by atoms with van der Waals surface area (Å²) < 4.78 is 4.89. The van der Waals surface area contributed by atoms with Crippen LogP contribution in [0.25, 0.3) is 0 Å². The van der Waals surface area contributed by atoms with Gasteiger partial charge in [-0.05, 0) is 13.8 Å². The van der Waals surface area contributed by atoms with Gasteiger partial charge >= 0.3 is 0 Å². The van der Waals surface area contributed by atoms with Gasteiger partial charge in [-0.1, -0.05) is 5.16 Å². The van der Waals surface area contributed by atoms with Gasteiger partial charge in [0.2, 0.25) is 5.89 Å². The van der Waals surface area contributed by atoms with E-state index in [0.717, 1.165) is 10.7 Å². The van der Waals surface area contributed by atoms with Gasteiger partial charge in [-0.2, -0.15) is 4.98 Å². The summed E-state index contributed by atoms with van der Waals surface area (Å²) in [6.07, 6.45) is 0. The van der Waals surface area contributed by atoms with Gasteiger partial charge in [0.05, 0.1) is 17.2 Å². The van der Waals surface area contributed by atoms with E-state index in [4.69, 9.17) is 4.52 Å². The van der Waals surface area contributed by atoms with Crippen LogP contribution in [0.2, 0.25) is 0 Å². The lowest BCUT2D eigenvalue weighted by Crippen LogP contribution is -2.19. The normalized spacial score (nSPS) is 12.9. The Balaban J connectivity index is 1.91. The molecule has 0 radical (unpaired) electrons. The molecule has 1 unspecified atom stereocenters. The van der Waals surface area contributed by atoms with Crippen molar-refractivity contribution in [3.8, 4) is 0 Å². The molecule has 0 aromatic carbocycles. The van der Waals surface area contributed by atoms with Crippen LogP contribution in [-0.4, -0.2) is 15.1 Å². The second-order valence-electron chi connectivity index (χ2n) is 3.62. The quantitative estimate of drug-likeness (QED) is 0.882. The van der Waals surface area contributed by atoms with Crippen LogP contribution >= 0.6 is 11.3 Å². The zero-order valence-corrected chi connectivity index (χ0v) is 10.3. The molecule has 2 rings (SSSR count). The minimum absolute atomic E-state index is 0.198. The van der Waals surface area contributed by atoms with Gasteiger partial charge in [0.25, 0.3) is 0 Å². The predicted molar refractivity (Wildman–Crippen MR) is 61.1 cm³/mol. The van der Waals surface area contributed by atoms with Gasteiger partial charge in [-0.3, -0.25) is 0 Å². The van der Waals surface area contributed by atoms with Gasteiger partial charge in [-0.15, -0.1) is 11.3 Å².